The van der Waals surface area contributed by atoms with Crippen LogP contribution in [0.1, 0.15) is 44.6 Å². The Morgan fingerprint density at radius 1 is 1.18 bits per heavy atom. The van der Waals surface area contributed by atoms with Gasteiger partial charge in [0.05, 0.1) is 23.2 Å². The van der Waals surface area contributed by atoms with Gasteiger partial charge in [-0.3, -0.25) is 4.18 Å². The summed E-state index contributed by atoms with van der Waals surface area (Å²) in [5.74, 6) is 0.303. The standard InChI is InChI=1S/C21H30O6S/c1-14-4-6-16(7-5-14)28(23,24)27-18-9-11-21(22)17-13-26-19(25-3)12-15(17)8-10-20(18,21)2/h4-7,15,17-19,22H,8-13H2,1-3H3/t15-,17-,18-,19-,20+,21-/m1/s1. The maximum absolute atomic E-state index is 12.8. The van der Waals surface area contributed by atoms with E-state index in [9.17, 15) is 13.5 Å². The Morgan fingerprint density at radius 3 is 2.57 bits per heavy atom. The molecule has 4 rings (SSSR count). The van der Waals surface area contributed by atoms with E-state index in [4.69, 9.17) is 13.7 Å². The Kier molecular flexibility index (Phi) is 5.11. The minimum absolute atomic E-state index is 0.0201. The van der Waals surface area contributed by atoms with Crippen LogP contribution in [-0.2, 0) is 23.8 Å². The predicted octanol–water partition coefficient (Wildman–Crippen LogP) is 3.02. The molecule has 2 saturated carbocycles. The van der Waals surface area contributed by atoms with Gasteiger partial charge in [0.1, 0.15) is 0 Å². The Bertz CT molecular complexity index is 822. The quantitative estimate of drug-likeness (QED) is 0.769. The zero-order valence-corrected chi connectivity index (χ0v) is 17.6. The molecule has 1 aliphatic heterocycles. The van der Waals surface area contributed by atoms with Crippen LogP contribution in [0.5, 0.6) is 0 Å². The summed E-state index contributed by atoms with van der Waals surface area (Å²) in [5.41, 5.74) is -0.608. The van der Waals surface area contributed by atoms with E-state index in [0.717, 1.165) is 24.8 Å². The predicted molar refractivity (Wildman–Crippen MR) is 103 cm³/mol. The van der Waals surface area contributed by atoms with Gasteiger partial charge in [-0.1, -0.05) is 24.6 Å². The van der Waals surface area contributed by atoms with Gasteiger partial charge in [-0.2, -0.15) is 8.42 Å². The third-order valence-electron chi connectivity index (χ3n) is 7.48. The third kappa shape index (κ3) is 3.12. The van der Waals surface area contributed by atoms with Crippen molar-refractivity contribution in [3.63, 3.8) is 0 Å². The number of fused-ring (bicyclic) bond motifs is 3. The zero-order chi connectivity index (χ0) is 20.2. The summed E-state index contributed by atoms with van der Waals surface area (Å²) >= 11 is 0. The molecule has 7 heteroatoms. The normalized spacial score (nSPS) is 40.7. The number of ether oxygens (including phenoxy) is 2. The molecule has 28 heavy (non-hydrogen) atoms. The SMILES string of the molecule is CO[C@H]1C[C@H]2CC[C@@]3(C)[C@H](OS(=O)(=O)c4ccc(C)cc4)CC[C@@]3(O)[C@@H]2CO1. The minimum atomic E-state index is -3.88. The number of hydrogen-bond acceptors (Lipinski definition) is 6. The van der Waals surface area contributed by atoms with Crippen molar-refractivity contribution in [2.24, 2.45) is 17.3 Å². The first kappa shape index (κ1) is 20.3. The first-order chi connectivity index (χ1) is 13.2. The van der Waals surface area contributed by atoms with Crippen LogP contribution in [0.3, 0.4) is 0 Å². The van der Waals surface area contributed by atoms with E-state index in [-0.39, 0.29) is 17.1 Å². The molecule has 0 radical (unpaired) electrons. The molecule has 1 N–H and O–H groups in total. The number of rotatable bonds is 4. The molecule has 3 fully saturated rings. The average molecular weight is 411 g/mol. The smallest absolute Gasteiger partial charge is 0.297 e. The van der Waals surface area contributed by atoms with Crippen LogP contribution in [0.4, 0.5) is 0 Å². The minimum Gasteiger partial charge on any atom is -0.389 e. The van der Waals surface area contributed by atoms with Crippen LogP contribution in [0.2, 0.25) is 0 Å². The van der Waals surface area contributed by atoms with Gasteiger partial charge in [0, 0.05) is 24.9 Å². The van der Waals surface area contributed by atoms with E-state index in [1.807, 2.05) is 13.8 Å². The first-order valence-electron chi connectivity index (χ1n) is 10.1. The second-order valence-corrected chi connectivity index (χ2v) is 10.4. The van der Waals surface area contributed by atoms with Gasteiger partial charge in [0.25, 0.3) is 10.1 Å². The lowest BCUT2D eigenvalue weighted by Crippen LogP contribution is -2.61. The molecular weight excluding hydrogens is 380 g/mol. The van der Waals surface area contributed by atoms with Crippen LogP contribution in [0.25, 0.3) is 0 Å². The summed E-state index contributed by atoms with van der Waals surface area (Å²) in [6, 6.07) is 6.68. The summed E-state index contributed by atoms with van der Waals surface area (Å²) in [7, 11) is -2.24. The van der Waals surface area contributed by atoms with Crippen molar-refractivity contribution in [2.45, 2.75) is 68.8 Å². The Balaban J connectivity index is 1.56. The lowest BCUT2D eigenvalue weighted by Gasteiger charge is -2.55. The van der Waals surface area contributed by atoms with Crippen molar-refractivity contribution >= 4 is 10.1 Å². The molecule has 0 unspecified atom stereocenters. The molecule has 1 aromatic carbocycles. The van der Waals surface area contributed by atoms with E-state index < -0.39 is 27.2 Å². The number of methoxy groups -OCH3 is 1. The molecule has 156 valence electrons. The van der Waals surface area contributed by atoms with Crippen LogP contribution in [0, 0.1) is 24.2 Å². The van der Waals surface area contributed by atoms with Crippen molar-refractivity contribution in [1.29, 1.82) is 0 Å². The summed E-state index contributed by atoms with van der Waals surface area (Å²) in [6.07, 6.45) is 2.71. The van der Waals surface area contributed by atoms with Crippen LogP contribution < -0.4 is 0 Å². The molecule has 1 heterocycles. The van der Waals surface area contributed by atoms with E-state index in [1.54, 1.807) is 31.4 Å². The highest BCUT2D eigenvalue weighted by molar-refractivity contribution is 7.86. The second-order valence-electron chi connectivity index (χ2n) is 8.87. The molecule has 0 bridgehead atoms. The van der Waals surface area contributed by atoms with Gasteiger partial charge in [-0.25, -0.2) is 0 Å². The fourth-order valence-electron chi connectivity index (χ4n) is 5.61. The highest BCUT2D eigenvalue weighted by atomic mass is 32.2. The van der Waals surface area contributed by atoms with Crippen LogP contribution in [0.15, 0.2) is 29.2 Å². The monoisotopic (exact) mass is 410 g/mol. The van der Waals surface area contributed by atoms with E-state index in [1.165, 1.54) is 0 Å². The van der Waals surface area contributed by atoms with Gasteiger partial charge in [-0.05, 0) is 50.7 Å². The fraction of sp³-hybridized carbons (Fsp3) is 0.714. The summed E-state index contributed by atoms with van der Waals surface area (Å²) in [6.45, 7) is 4.33. The lowest BCUT2D eigenvalue weighted by molar-refractivity contribution is -0.246. The van der Waals surface area contributed by atoms with Crippen molar-refractivity contribution < 1.29 is 27.2 Å². The third-order valence-corrected chi connectivity index (χ3v) is 8.81. The molecule has 0 spiro atoms. The molecule has 6 atom stereocenters. The van der Waals surface area contributed by atoms with Crippen molar-refractivity contribution in [1.82, 2.24) is 0 Å². The van der Waals surface area contributed by atoms with E-state index >= 15 is 0 Å². The molecule has 0 amide bonds. The second kappa shape index (κ2) is 7.06. The molecule has 0 aromatic heterocycles. The Morgan fingerprint density at radius 2 is 1.89 bits per heavy atom. The maximum Gasteiger partial charge on any atom is 0.297 e. The summed E-state index contributed by atoms with van der Waals surface area (Å²) in [5, 5.41) is 11.7. The molecule has 3 aliphatic rings. The van der Waals surface area contributed by atoms with Crippen LogP contribution in [-0.4, -0.2) is 45.2 Å². The summed E-state index contributed by atoms with van der Waals surface area (Å²) in [4.78, 5) is 0.162. The topological polar surface area (TPSA) is 82.1 Å². The van der Waals surface area contributed by atoms with E-state index in [2.05, 4.69) is 0 Å². The van der Waals surface area contributed by atoms with Gasteiger partial charge < -0.3 is 14.6 Å². The number of aliphatic hydroxyl groups is 1. The van der Waals surface area contributed by atoms with Gasteiger partial charge >= 0.3 is 0 Å². The molecule has 1 aromatic rings. The van der Waals surface area contributed by atoms with Gasteiger partial charge in [-0.15, -0.1) is 0 Å². The number of aryl methyl sites for hydroxylation is 1. The van der Waals surface area contributed by atoms with Gasteiger partial charge in [0.2, 0.25) is 0 Å². The maximum atomic E-state index is 12.8. The highest BCUT2D eigenvalue weighted by Crippen LogP contribution is 2.61. The van der Waals surface area contributed by atoms with E-state index in [0.29, 0.717) is 25.4 Å². The molecule has 2 aliphatic carbocycles. The average Bonchev–Trinajstić information content (AvgIpc) is 2.93. The van der Waals surface area contributed by atoms with Crippen molar-refractivity contribution in [3.05, 3.63) is 29.8 Å². The Labute approximate surface area is 167 Å². The van der Waals surface area contributed by atoms with Crippen molar-refractivity contribution in [2.75, 3.05) is 13.7 Å². The molecular formula is C21H30O6S. The highest BCUT2D eigenvalue weighted by Gasteiger charge is 2.65. The molecule has 6 nitrogen and oxygen atoms in total. The fourth-order valence-corrected chi connectivity index (χ4v) is 6.81. The lowest BCUT2D eigenvalue weighted by atomic mass is 9.56. The largest absolute Gasteiger partial charge is 0.389 e. The molecule has 1 saturated heterocycles. The first-order valence-corrected chi connectivity index (χ1v) is 11.5. The number of hydrogen-bond donors (Lipinski definition) is 1. The van der Waals surface area contributed by atoms with Gasteiger partial charge in [0.15, 0.2) is 6.29 Å². The number of benzene rings is 1. The van der Waals surface area contributed by atoms with Crippen molar-refractivity contribution in [3.8, 4) is 0 Å². The Hall–Kier alpha value is -0.990. The zero-order valence-electron chi connectivity index (χ0n) is 16.8. The van der Waals surface area contributed by atoms with Crippen LogP contribution >= 0.6 is 0 Å². The summed E-state index contributed by atoms with van der Waals surface area (Å²) < 4.78 is 42.5.